The highest BCUT2D eigenvalue weighted by molar-refractivity contribution is 7.85. The fraction of sp³-hybridized carbons (Fsp3) is 0.182. The van der Waals surface area contributed by atoms with E-state index < -0.39 is 7.14 Å². The SMILES string of the molecule is O=P(c1ccccc1)(c1ccccc1)c1cc(OCCO)ccc1OCCO. The molecular weight excluding hydrogens is 375 g/mol. The molecule has 3 aromatic rings. The first-order chi connectivity index (χ1) is 13.7. The molecule has 0 bridgehead atoms. The Hall–Kier alpha value is -2.59. The monoisotopic (exact) mass is 398 g/mol. The van der Waals surface area contributed by atoms with E-state index in [-0.39, 0.29) is 26.4 Å². The number of aliphatic hydroxyl groups is 2. The Morgan fingerprint density at radius 1 is 0.714 bits per heavy atom. The first-order valence-corrected chi connectivity index (χ1v) is 10.7. The molecule has 2 N–H and O–H groups in total. The Balaban J connectivity index is 2.22. The van der Waals surface area contributed by atoms with E-state index >= 15 is 0 Å². The molecule has 0 aliphatic rings. The normalized spacial score (nSPS) is 11.2. The lowest BCUT2D eigenvalue weighted by Crippen LogP contribution is -2.27. The molecule has 0 spiro atoms. The fourth-order valence-corrected chi connectivity index (χ4v) is 5.77. The molecule has 0 saturated heterocycles. The van der Waals surface area contributed by atoms with Crippen LogP contribution in [0.15, 0.2) is 78.9 Å². The van der Waals surface area contributed by atoms with Gasteiger partial charge < -0.3 is 24.3 Å². The van der Waals surface area contributed by atoms with E-state index in [9.17, 15) is 9.67 Å². The van der Waals surface area contributed by atoms with Crippen LogP contribution in [0.25, 0.3) is 0 Å². The number of ether oxygens (including phenoxy) is 2. The van der Waals surface area contributed by atoms with Crippen LogP contribution in [0.5, 0.6) is 11.5 Å². The number of aliphatic hydroxyl groups excluding tert-OH is 2. The summed E-state index contributed by atoms with van der Waals surface area (Å²) in [4.78, 5) is 0. The van der Waals surface area contributed by atoms with Gasteiger partial charge in [-0.1, -0.05) is 60.7 Å². The molecule has 0 atom stereocenters. The maximum Gasteiger partial charge on any atom is 0.174 e. The van der Waals surface area contributed by atoms with Gasteiger partial charge in [0.1, 0.15) is 24.7 Å². The summed E-state index contributed by atoms with van der Waals surface area (Å²) < 4.78 is 25.8. The third kappa shape index (κ3) is 4.28. The number of hydrogen-bond acceptors (Lipinski definition) is 5. The summed E-state index contributed by atoms with van der Waals surface area (Å²) in [7, 11) is -3.26. The van der Waals surface area contributed by atoms with E-state index in [1.54, 1.807) is 18.2 Å². The molecule has 0 aliphatic carbocycles. The lowest BCUT2D eigenvalue weighted by molar-refractivity contribution is 0.198. The number of rotatable bonds is 9. The lowest BCUT2D eigenvalue weighted by atomic mass is 10.3. The fourth-order valence-electron chi connectivity index (χ4n) is 2.98. The molecule has 6 heteroatoms. The van der Waals surface area contributed by atoms with Crippen LogP contribution in [0, 0.1) is 0 Å². The van der Waals surface area contributed by atoms with Crippen LogP contribution >= 0.6 is 7.14 Å². The molecule has 0 heterocycles. The van der Waals surface area contributed by atoms with E-state index in [0.717, 1.165) is 0 Å². The lowest BCUT2D eigenvalue weighted by Gasteiger charge is -2.23. The van der Waals surface area contributed by atoms with Crippen LogP contribution in [-0.4, -0.2) is 36.6 Å². The standard InChI is InChI=1S/C22H23O5P/c23-13-15-26-18-11-12-21(27-16-14-24)22(17-18)28(25,19-7-3-1-4-8-19)20-9-5-2-6-10-20/h1-12,17,23-24H,13-16H2. The highest BCUT2D eigenvalue weighted by Gasteiger charge is 2.33. The van der Waals surface area contributed by atoms with Gasteiger partial charge in [0.25, 0.3) is 0 Å². The van der Waals surface area contributed by atoms with Gasteiger partial charge in [-0.2, -0.15) is 0 Å². The third-order valence-corrected chi connectivity index (χ3v) is 7.30. The van der Waals surface area contributed by atoms with Crippen molar-refractivity contribution < 1.29 is 24.3 Å². The molecule has 5 nitrogen and oxygen atoms in total. The zero-order valence-corrected chi connectivity index (χ0v) is 16.3. The van der Waals surface area contributed by atoms with Crippen molar-refractivity contribution in [1.29, 1.82) is 0 Å². The Bertz CT molecular complexity index is 885. The predicted molar refractivity (Wildman–Crippen MR) is 111 cm³/mol. The van der Waals surface area contributed by atoms with Crippen molar-refractivity contribution in [3.05, 3.63) is 78.9 Å². The largest absolute Gasteiger partial charge is 0.491 e. The van der Waals surface area contributed by atoms with Crippen molar-refractivity contribution in [3.8, 4) is 11.5 Å². The molecule has 28 heavy (non-hydrogen) atoms. The van der Waals surface area contributed by atoms with Crippen LogP contribution in [-0.2, 0) is 4.57 Å². The van der Waals surface area contributed by atoms with E-state index in [2.05, 4.69) is 0 Å². The van der Waals surface area contributed by atoms with Gasteiger partial charge in [-0.3, -0.25) is 0 Å². The van der Waals surface area contributed by atoms with Crippen molar-refractivity contribution in [2.75, 3.05) is 26.4 Å². The summed E-state index contributed by atoms with van der Waals surface area (Å²) in [5.41, 5.74) is 0. The number of hydrogen-bond donors (Lipinski definition) is 2. The summed E-state index contributed by atoms with van der Waals surface area (Å²) in [6, 6.07) is 23.6. The van der Waals surface area contributed by atoms with Crippen LogP contribution in [0.1, 0.15) is 0 Å². The molecular formula is C22H23O5P. The van der Waals surface area contributed by atoms with E-state index in [1.807, 2.05) is 60.7 Å². The van der Waals surface area contributed by atoms with Gasteiger partial charge in [0.15, 0.2) is 7.14 Å². The number of benzene rings is 3. The smallest absolute Gasteiger partial charge is 0.174 e. The summed E-state index contributed by atoms with van der Waals surface area (Å²) in [6.45, 7) is -0.0407. The molecule has 0 aromatic heterocycles. The van der Waals surface area contributed by atoms with Crippen LogP contribution in [0.4, 0.5) is 0 Å². The van der Waals surface area contributed by atoms with Crippen LogP contribution in [0.2, 0.25) is 0 Å². The van der Waals surface area contributed by atoms with Gasteiger partial charge in [-0.15, -0.1) is 0 Å². The highest BCUT2D eigenvalue weighted by Crippen LogP contribution is 2.45. The molecule has 3 aromatic carbocycles. The minimum absolute atomic E-state index is 0.0907. The Kier molecular flexibility index (Phi) is 6.88. The zero-order chi connectivity index (χ0) is 19.8. The Labute approximate surface area is 164 Å². The van der Waals surface area contributed by atoms with Crippen molar-refractivity contribution in [2.24, 2.45) is 0 Å². The Morgan fingerprint density at radius 3 is 1.79 bits per heavy atom. The molecule has 0 amide bonds. The molecule has 0 saturated carbocycles. The van der Waals surface area contributed by atoms with Gasteiger partial charge >= 0.3 is 0 Å². The Morgan fingerprint density at radius 2 is 1.25 bits per heavy atom. The molecule has 0 fully saturated rings. The summed E-state index contributed by atoms with van der Waals surface area (Å²) in [5, 5.41) is 20.1. The quantitative estimate of drug-likeness (QED) is 0.540. The second-order valence-electron chi connectivity index (χ2n) is 6.05. The van der Waals surface area contributed by atoms with E-state index in [1.165, 1.54) is 0 Å². The van der Waals surface area contributed by atoms with Crippen molar-refractivity contribution in [2.45, 2.75) is 0 Å². The minimum Gasteiger partial charge on any atom is -0.491 e. The van der Waals surface area contributed by atoms with Crippen molar-refractivity contribution in [1.82, 2.24) is 0 Å². The predicted octanol–water partition coefficient (Wildman–Crippen LogP) is 2.07. The highest BCUT2D eigenvalue weighted by atomic mass is 31.2. The third-order valence-electron chi connectivity index (χ3n) is 4.22. The van der Waals surface area contributed by atoms with Gasteiger partial charge in [-0.05, 0) is 18.2 Å². The van der Waals surface area contributed by atoms with Crippen LogP contribution < -0.4 is 25.4 Å². The minimum atomic E-state index is -3.26. The molecule has 146 valence electrons. The summed E-state index contributed by atoms with van der Waals surface area (Å²) >= 11 is 0. The second-order valence-corrected chi connectivity index (χ2v) is 8.79. The van der Waals surface area contributed by atoms with Crippen LogP contribution in [0.3, 0.4) is 0 Å². The van der Waals surface area contributed by atoms with Crippen molar-refractivity contribution in [3.63, 3.8) is 0 Å². The molecule has 0 radical (unpaired) electrons. The zero-order valence-electron chi connectivity index (χ0n) is 15.4. The summed E-state index contributed by atoms with van der Waals surface area (Å²) in [6.07, 6.45) is 0. The van der Waals surface area contributed by atoms with E-state index in [4.69, 9.17) is 14.6 Å². The second kappa shape index (κ2) is 9.56. The van der Waals surface area contributed by atoms with Gasteiger partial charge in [0.05, 0.1) is 18.5 Å². The first-order valence-electron chi connectivity index (χ1n) is 9.03. The molecule has 0 unspecified atom stereocenters. The van der Waals surface area contributed by atoms with E-state index in [0.29, 0.717) is 27.4 Å². The van der Waals surface area contributed by atoms with Gasteiger partial charge in [0, 0.05) is 10.6 Å². The van der Waals surface area contributed by atoms with Gasteiger partial charge in [-0.25, -0.2) is 0 Å². The first kappa shape index (κ1) is 20.2. The molecule has 3 rings (SSSR count). The van der Waals surface area contributed by atoms with Crippen molar-refractivity contribution >= 4 is 23.1 Å². The van der Waals surface area contributed by atoms with Gasteiger partial charge in [0.2, 0.25) is 0 Å². The molecule has 0 aliphatic heterocycles. The average molecular weight is 398 g/mol. The maximum atomic E-state index is 14.6. The topological polar surface area (TPSA) is 76.0 Å². The average Bonchev–Trinajstić information content (AvgIpc) is 2.77. The maximum absolute atomic E-state index is 14.6. The summed E-state index contributed by atoms with van der Waals surface area (Å²) in [5.74, 6) is 0.925.